The van der Waals surface area contributed by atoms with Crippen molar-refractivity contribution in [2.75, 3.05) is 6.54 Å². The standard InChI is InChI=1S/C33H60N8O12/c1-8-15(3)23(35)29(48)36-17(5)27(46)40-25(18(6)42)31(50)37-20(12-10-11-13-34)28(47)39-24(16(4)9-2)30(49)41-26(19(7)43)32(51)38-21(33(52)53)14-22(44)45/h15-21,23-26,42-43H,8-14,34-35H2,1-7H3,(H,36,48)(H,37,50)(H,38,51)(H,39,47)(H,40,46)(H,41,49)(H,44,45)(H,52,53)/t15-,16-,17-,18+,19+,20-,21-,23-,24-,25-,26-/m0/s1. The largest absolute Gasteiger partial charge is 0.481 e. The number of nitrogens with two attached hydrogens (primary N) is 2. The normalized spacial score (nSPS) is 17.4. The minimum absolute atomic E-state index is 0.0168. The Kier molecular flexibility index (Phi) is 22.0. The zero-order chi connectivity index (χ0) is 41.2. The molecule has 0 aliphatic carbocycles. The quantitative estimate of drug-likeness (QED) is 0.0408. The van der Waals surface area contributed by atoms with Crippen molar-refractivity contribution >= 4 is 47.4 Å². The van der Waals surface area contributed by atoms with E-state index < -0.39 is 114 Å². The predicted molar refractivity (Wildman–Crippen MR) is 190 cm³/mol. The number of amides is 6. The highest BCUT2D eigenvalue weighted by Gasteiger charge is 2.37. The van der Waals surface area contributed by atoms with Crippen LogP contribution in [0.25, 0.3) is 0 Å². The smallest absolute Gasteiger partial charge is 0.326 e. The van der Waals surface area contributed by atoms with E-state index in [1.54, 1.807) is 20.8 Å². The number of hydrogen-bond acceptors (Lipinski definition) is 12. The second kappa shape index (κ2) is 24.0. The van der Waals surface area contributed by atoms with Crippen molar-refractivity contribution in [2.24, 2.45) is 23.3 Å². The number of rotatable bonds is 25. The van der Waals surface area contributed by atoms with E-state index >= 15 is 0 Å². The molecular formula is C33H60N8O12. The van der Waals surface area contributed by atoms with Gasteiger partial charge in [0.15, 0.2) is 0 Å². The SMILES string of the molecule is CC[C@H](C)[C@H](N)C(=O)N[C@@H](C)C(=O)N[C@H](C(=O)N[C@@H](CCCCN)C(=O)N[C@H](C(=O)N[C@H](C(=O)N[C@@H](CC(=O)O)C(=O)O)[C@@H](C)O)[C@@H](C)CC)[C@@H](C)O. The van der Waals surface area contributed by atoms with E-state index in [4.69, 9.17) is 16.6 Å². The van der Waals surface area contributed by atoms with Gasteiger partial charge in [-0.05, 0) is 58.4 Å². The molecule has 6 amide bonds. The van der Waals surface area contributed by atoms with Gasteiger partial charge >= 0.3 is 11.9 Å². The first kappa shape index (κ1) is 48.6. The zero-order valence-electron chi connectivity index (χ0n) is 31.5. The lowest BCUT2D eigenvalue weighted by atomic mass is 9.96. The zero-order valence-corrected chi connectivity index (χ0v) is 31.5. The van der Waals surface area contributed by atoms with Gasteiger partial charge in [-0.15, -0.1) is 0 Å². The summed E-state index contributed by atoms with van der Waals surface area (Å²) in [7, 11) is 0. The maximum atomic E-state index is 13.7. The average molecular weight is 761 g/mol. The minimum atomic E-state index is -1.87. The Morgan fingerprint density at radius 2 is 1.02 bits per heavy atom. The fourth-order valence-electron chi connectivity index (χ4n) is 4.83. The first-order chi connectivity index (χ1) is 24.6. The minimum Gasteiger partial charge on any atom is -0.481 e. The number of aliphatic hydroxyl groups is 2. The Hall–Kier alpha value is -4.40. The molecule has 0 saturated heterocycles. The molecule has 53 heavy (non-hydrogen) atoms. The molecule has 0 aliphatic heterocycles. The summed E-state index contributed by atoms with van der Waals surface area (Å²) in [5.74, 6) is -9.30. The summed E-state index contributed by atoms with van der Waals surface area (Å²) in [6, 6.07) is -9.91. The highest BCUT2D eigenvalue weighted by atomic mass is 16.4. The Morgan fingerprint density at radius 3 is 1.45 bits per heavy atom. The molecule has 0 aliphatic rings. The van der Waals surface area contributed by atoms with E-state index in [0.717, 1.165) is 6.92 Å². The van der Waals surface area contributed by atoms with Gasteiger partial charge in [0.05, 0.1) is 24.7 Å². The summed E-state index contributed by atoms with van der Waals surface area (Å²) in [6.45, 7) is 10.9. The van der Waals surface area contributed by atoms with Gasteiger partial charge in [-0.2, -0.15) is 0 Å². The molecule has 11 atom stereocenters. The maximum absolute atomic E-state index is 13.7. The lowest BCUT2D eigenvalue weighted by Gasteiger charge is -2.30. The average Bonchev–Trinajstić information content (AvgIpc) is 3.08. The fraction of sp³-hybridized carbons (Fsp3) is 0.758. The van der Waals surface area contributed by atoms with E-state index in [1.807, 2.05) is 12.2 Å². The van der Waals surface area contributed by atoms with Gasteiger partial charge in [-0.3, -0.25) is 33.6 Å². The molecule has 0 radical (unpaired) electrons. The lowest BCUT2D eigenvalue weighted by molar-refractivity contribution is -0.148. The van der Waals surface area contributed by atoms with Gasteiger partial charge in [-0.25, -0.2) is 4.79 Å². The van der Waals surface area contributed by atoms with Crippen LogP contribution in [0.1, 0.15) is 87.0 Å². The molecule has 0 saturated carbocycles. The van der Waals surface area contributed by atoms with Crippen LogP contribution in [-0.4, -0.2) is 129 Å². The molecule has 0 aromatic heterocycles. The second-order valence-electron chi connectivity index (χ2n) is 13.3. The van der Waals surface area contributed by atoms with Crippen LogP contribution in [0.4, 0.5) is 0 Å². The summed E-state index contributed by atoms with van der Waals surface area (Å²) >= 11 is 0. The maximum Gasteiger partial charge on any atom is 0.326 e. The number of carbonyl (C=O) groups is 8. The van der Waals surface area contributed by atoms with E-state index in [2.05, 4.69) is 26.6 Å². The van der Waals surface area contributed by atoms with Gasteiger partial charge in [0.1, 0.15) is 36.3 Å². The first-order valence-corrected chi connectivity index (χ1v) is 17.7. The number of aliphatic carboxylic acids is 2. The second-order valence-corrected chi connectivity index (χ2v) is 13.3. The molecule has 0 spiro atoms. The van der Waals surface area contributed by atoms with Gasteiger partial charge in [-0.1, -0.05) is 40.5 Å². The van der Waals surface area contributed by atoms with Crippen LogP contribution < -0.4 is 43.4 Å². The van der Waals surface area contributed by atoms with E-state index in [0.29, 0.717) is 25.7 Å². The monoisotopic (exact) mass is 760 g/mol. The molecule has 304 valence electrons. The fourth-order valence-corrected chi connectivity index (χ4v) is 4.83. The third-order valence-electron chi connectivity index (χ3n) is 8.80. The lowest BCUT2D eigenvalue weighted by Crippen LogP contribution is -2.62. The molecule has 20 heteroatoms. The number of hydrogen-bond donors (Lipinski definition) is 12. The number of carboxylic acid groups (broad SMARTS) is 2. The van der Waals surface area contributed by atoms with Crippen LogP contribution in [-0.2, 0) is 38.4 Å². The number of carboxylic acids is 2. The Labute approximate surface area is 309 Å². The molecule has 0 aromatic rings. The van der Waals surface area contributed by atoms with Gasteiger partial charge in [0.25, 0.3) is 0 Å². The van der Waals surface area contributed by atoms with Crippen molar-refractivity contribution in [3.05, 3.63) is 0 Å². The first-order valence-electron chi connectivity index (χ1n) is 17.7. The topological polar surface area (TPSA) is 342 Å². The number of unbranched alkanes of at least 4 members (excludes halogenated alkanes) is 1. The van der Waals surface area contributed by atoms with Gasteiger partial charge < -0.3 is 63.8 Å². The highest BCUT2D eigenvalue weighted by molar-refractivity contribution is 5.97. The molecule has 0 heterocycles. The van der Waals surface area contributed by atoms with Crippen LogP contribution in [0.5, 0.6) is 0 Å². The summed E-state index contributed by atoms with van der Waals surface area (Å²) in [5.41, 5.74) is 11.5. The Balaban J connectivity index is 6.13. The summed E-state index contributed by atoms with van der Waals surface area (Å²) in [5, 5.41) is 53.1. The number of aliphatic hydroxyl groups excluding tert-OH is 2. The van der Waals surface area contributed by atoms with Crippen LogP contribution >= 0.6 is 0 Å². The van der Waals surface area contributed by atoms with Crippen molar-refractivity contribution in [3.8, 4) is 0 Å². The van der Waals surface area contributed by atoms with Gasteiger partial charge in [0.2, 0.25) is 35.4 Å². The summed E-state index contributed by atoms with van der Waals surface area (Å²) < 4.78 is 0. The van der Waals surface area contributed by atoms with Gasteiger partial charge in [0, 0.05) is 0 Å². The van der Waals surface area contributed by atoms with Crippen LogP contribution in [0.15, 0.2) is 0 Å². The van der Waals surface area contributed by atoms with Crippen LogP contribution in [0, 0.1) is 11.8 Å². The van der Waals surface area contributed by atoms with E-state index in [1.165, 1.54) is 13.8 Å². The highest BCUT2D eigenvalue weighted by Crippen LogP contribution is 2.12. The van der Waals surface area contributed by atoms with Crippen molar-refractivity contribution in [1.82, 2.24) is 31.9 Å². The van der Waals surface area contributed by atoms with E-state index in [-0.39, 0.29) is 18.9 Å². The van der Waals surface area contributed by atoms with Crippen molar-refractivity contribution in [2.45, 2.75) is 141 Å². The van der Waals surface area contributed by atoms with E-state index in [9.17, 15) is 53.7 Å². The summed E-state index contributed by atoms with van der Waals surface area (Å²) in [6.07, 6.45) is -2.29. The molecule has 0 aromatic carbocycles. The summed E-state index contributed by atoms with van der Waals surface area (Å²) in [4.78, 5) is 101. The number of carbonyl (C=O) groups excluding carboxylic acids is 6. The molecule has 0 fully saturated rings. The molecule has 0 bridgehead atoms. The Bertz CT molecular complexity index is 1270. The molecular weight excluding hydrogens is 700 g/mol. The molecule has 14 N–H and O–H groups in total. The van der Waals surface area contributed by atoms with Crippen molar-refractivity contribution in [1.29, 1.82) is 0 Å². The molecule has 20 nitrogen and oxygen atoms in total. The van der Waals surface area contributed by atoms with Crippen molar-refractivity contribution in [3.63, 3.8) is 0 Å². The predicted octanol–water partition coefficient (Wildman–Crippen LogP) is -3.22. The van der Waals surface area contributed by atoms with Crippen LogP contribution in [0.3, 0.4) is 0 Å². The third kappa shape index (κ3) is 16.9. The van der Waals surface area contributed by atoms with Crippen molar-refractivity contribution < 1.29 is 58.8 Å². The number of nitrogens with one attached hydrogen (secondary N) is 6. The third-order valence-corrected chi connectivity index (χ3v) is 8.80. The van der Waals surface area contributed by atoms with Crippen LogP contribution in [0.2, 0.25) is 0 Å². The molecule has 0 rings (SSSR count). The molecule has 0 unspecified atom stereocenters. The Morgan fingerprint density at radius 1 is 0.566 bits per heavy atom.